The van der Waals surface area contributed by atoms with Gasteiger partial charge in [-0.2, -0.15) is 0 Å². The van der Waals surface area contributed by atoms with Gasteiger partial charge in [-0.1, -0.05) is 84.9 Å². The zero-order valence-electron chi connectivity index (χ0n) is 15.8. The van der Waals surface area contributed by atoms with Crippen molar-refractivity contribution < 1.29 is 4.79 Å². The fourth-order valence-corrected chi connectivity index (χ4v) is 3.88. The number of aryl methyl sites for hydroxylation is 1. The third-order valence-electron chi connectivity index (χ3n) is 4.63. The fraction of sp³-hybridized carbons (Fsp3) is 0.208. The molecule has 3 aromatic rings. The second-order valence-electron chi connectivity index (χ2n) is 6.65. The second kappa shape index (κ2) is 9.43. The molecule has 0 unspecified atom stereocenters. The van der Waals surface area contributed by atoms with Crippen LogP contribution >= 0.6 is 11.8 Å². The van der Waals surface area contributed by atoms with Crippen LogP contribution in [-0.4, -0.2) is 11.2 Å². The van der Waals surface area contributed by atoms with E-state index in [1.807, 2.05) is 55.5 Å². The van der Waals surface area contributed by atoms with Gasteiger partial charge in [-0.25, -0.2) is 0 Å². The Balaban J connectivity index is 1.73. The minimum Gasteiger partial charge on any atom is -0.344 e. The molecule has 0 fully saturated rings. The lowest BCUT2D eigenvalue weighted by atomic mass is 9.95. The molecule has 2 nitrogen and oxygen atoms in total. The van der Waals surface area contributed by atoms with E-state index >= 15 is 0 Å². The highest BCUT2D eigenvalue weighted by atomic mass is 32.2. The smallest absolute Gasteiger partial charge is 0.233 e. The van der Waals surface area contributed by atoms with Crippen LogP contribution in [0.4, 0.5) is 0 Å². The number of hydrogen-bond acceptors (Lipinski definition) is 2. The third kappa shape index (κ3) is 5.24. The van der Waals surface area contributed by atoms with E-state index in [1.165, 1.54) is 11.1 Å². The van der Waals surface area contributed by atoms with E-state index in [9.17, 15) is 4.79 Å². The van der Waals surface area contributed by atoms with Crippen LogP contribution in [0.1, 0.15) is 35.2 Å². The maximum atomic E-state index is 12.9. The van der Waals surface area contributed by atoms with Gasteiger partial charge in [-0.05, 0) is 36.1 Å². The van der Waals surface area contributed by atoms with Crippen LogP contribution < -0.4 is 5.32 Å². The number of thioether (sulfide) groups is 1. The van der Waals surface area contributed by atoms with E-state index in [0.29, 0.717) is 0 Å². The number of carbonyl (C=O) groups excluding carboxylic acids is 1. The van der Waals surface area contributed by atoms with Gasteiger partial charge in [0.05, 0.1) is 11.3 Å². The van der Waals surface area contributed by atoms with Gasteiger partial charge in [0.2, 0.25) is 5.91 Å². The minimum absolute atomic E-state index is 0.0630. The van der Waals surface area contributed by atoms with Gasteiger partial charge in [0, 0.05) is 5.75 Å². The molecule has 0 bridgehead atoms. The standard InChI is InChI=1S/C24H25NOS/c1-18-11-9-10-16-22(18)23(21-14-7-4-8-15-21)25-24(26)19(2)27-17-20-12-5-3-6-13-20/h3-16,19,23H,17H2,1-2H3,(H,25,26)/t19-,23+/m0/s1. The normalized spacial score (nSPS) is 13.0. The summed E-state index contributed by atoms with van der Waals surface area (Å²) in [4.78, 5) is 12.9. The Morgan fingerprint density at radius 1 is 0.889 bits per heavy atom. The number of hydrogen-bond donors (Lipinski definition) is 1. The quantitative estimate of drug-likeness (QED) is 0.589. The maximum absolute atomic E-state index is 12.9. The fourth-order valence-electron chi connectivity index (χ4n) is 3.03. The summed E-state index contributed by atoms with van der Waals surface area (Å²) in [6.45, 7) is 4.06. The Morgan fingerprint density at radius 2 is 1.48 bits per heavy atom. The van der Waals surface area contributed by atoms with E-state index in [1.54, 1.807) is 11.8 Å². The van der Waals surface area contributed by atoms with Gasteiger partial charge in [-0.3, -0.25) is 4.79 Å². The molecule has 0 saturated heterocycles. The summed E-state index contributed by atoms with van der Waals surface area (Å²) in [7, 11) is 0. The summed E-state index contributed by atoms with van der Waals surface area (Å²) in [5, 5.41) is 3.14. The topological polar surface area (TPSA) is 29.1 Å². The van der Waals surface area contributed by atoms with E-state index in [4.69, 9.17) is 0 Å². The molecule has 0 heterocycles. The second-order valence-corrected chi connectivity index (χ2v) is 7.98. The van der Waals surface area contributed by atoms with Gasteiger partial charge in [-0.15, -0.1) is 11.8 Å². The van der Waals surface area contributed by atoms with Crippen molar-refractivity contribution in [2.24, 2.45) is 0 Å². The zero-order chi connectivity index (χ0) is 19.1. The summed E-state index contributed by atoms with van der Waals surface area (Å²) in [5.74, 6) is 0.892. The molecule has 3 aromatic carbocycles. The van der Waals surface area contributed by atoms with Crippen LogP contribution in [0, 0.1) is 6.92 Å². The first-order valence-electron chi connectivity index (χ1n) is 9.21. The average molecular weight is 376 g/mol. The Bertz CT molecular complexity index is 864. The molecule has 0 radical (unpaired) electrons. The van der Waals surface area contributed by atoms with Crippen molar-refractivity contribution in [2.45, 2.75) is 30.9 Å². The predicted octanol–water partition coefficient (Wildman–Crippen LogP) is 5.52. The van der Waals surface area contributed by atoms with E-state index in [0.717, 1.165) is 16.9 Å². The lowest BCUT2D eigenvalue weighted by molar-refractivity contribution is -0.120. The number of benzene rings is 3. The Hall–Kier alpha value is -2.52. The average Bonchev–Trinajstić information content (AvgIpc) is 2.72. The molecule has 0 aliphatic heterocycles. The van der Waals surface area contributed by atoms with E-state index < -0.39 is 0 Å². The molecule has 0 aliphatic carbocycles. The first kappa shape index (κ1) is 19.2. The molecule has 138 valence electrons. The predicted molar refractivity (Wildman–Crippen MR) is 115 cm³/mol. The minimum atomic E-state index is -0.139. The molecule has 0 aromatic heterocycles. The first-order valence-corrected chi connectivity index (χ1v) is 10.3. The first-order chi connectivity index (χ1) is 13.1. The maximum Gasteiger partial charge on any atom is 0.233 e. The molecule has 1 amide bonds. The number of carbonyl (C=O) groups is 1. The molecule has 1 N–H and O–H groups in total. The van der Waals surface area contributed by atoms with Gasteiger partial charge < -0.3 is 5.32 Å². The molecular weight excluding hydrogens is 350 g/mol. The molecular formula is C24H25NOS. The van der Waals surface area contributed by atoms with Crippen molar-refractivity contribution in [1.29, 1.82) is 0 Å². The SMILES string of the molecule is Cc1ccccc1[C@H](NC(=O)[C@H](C)SCc1ccccc1)c1ccccc1. The van der Waals surface area contributed by atoms with Crippen LogP contribution in [0.5, 0.6) is 0 Å². The molecule has 0 spiro atoms. The van der Waals surface area contributed by atoms with Crippen LogP contribution in [0.3, 0.4) is 0 Å². The highest BCUT2D eigenvalue weighted by Gasteiger charge is 2.21. The zero-order valence-corrected chi connectivity index (χ0v) is 16.6. The van der Waals surface area contributed by atoms with Crippen LogP contribution in [0.25, 0.3) is 0 Å². The Kier molecular flexibility index (Phi) is 6.72. The largest absolute Gasteiger partial charge is 0.344 e. The van der Waals surface area contributed by atoms with Crippen molar-refractivity contribution >= 4 is 17.7 Å². The van der Waals surface area contributed by atoms with Crippen LogP contribution in [0.15, 0.2) is 84.9 Å². The monoisotopic (exact) mass is 375 g/mol. The summed E-state index contributed by atoms with van der Waals surface area (Å²) < 4.78 is 0. The Morgan fingerprint density at radius 3 is 2.15 bits per heavy atom. The van der Waals surface area contributed by atoms with Crippen molar-refractivity contribution in [3.05, 3.63) is 107 Å². The summed E-state index contributed by atoms with van der Waals surface area (Å²) >= 11 is 1.66. The molecule has 27 heavy (non-hydrogen) atoms. The Labute approximate surface area is 166 Å². The number of amides is 1. The van der Waals surface area contributed by atoms with Crippen molar-refractivity contribution in [1.82, 2.24) is 5.32 Å². The number of nitrogens with one attached hydrogen (secondary N) is 1. The lowest BCUT2D eigenvalue weighted by Gasteiger charge is -2.23. The summed E-state index contributed by atoms with van der Waals surface area (Å²) in [5.41, 5.74) is 4.65. The molecule has 3 rings (SSSR count). The van der Waals surface area contributed by atoms with Gasteiger partial charge in [0.1, 0.15) is 0 Å². The van der Waals surface area contributed by atoms with Crippen molar-refractivity contribution in [3.8, 4) is 0 Å². The van der Waals surface area contributed by atoms with Crippen molar-refractivity contribution in [2.75, 3.05) is 0 Å². The van der Waals surface area contributed by atoms with Gasteiger partial charge in [0.15, 0.2) is 0 Å². The highest BCUT2D eigenvalue weighted by Crippen LogP contribution is 2.26. The highest BCUT2D eigenvalue weighted by molar-refractivity contribution is 7.99. The van der Waals surface area contributed by atoms with E-state index in [2.05, 4.69) is 48.6 Å². The van der Waals surface area contributed by atoms with Gasteiger partial charge >= 0.3 is 0 Å². The van der Waals surface area contributed by atoms with Crippen LogP contribution in [0.2, 0.25) is 0 Å². The molecule has 0 saturated carbocycles. The summed E-state index contributed by atoms with van der Waals surface area (Å²) in [6.07, 6.45) is 0. The molecule has 2 atom stereocenters. The summed E-state index contributed by atoms with van der Waals surface area (Å²) in [6, 6.07) is 28.5. The lowest BCUT2D eigenvalue weighted by Crippen LogP contribution is -2.35. The molecule has 3 heteroatoms. The van der Waals surface area contributed by atoms with Crippen molar-refractivity contribution in [3.63, 3.8) is 0 Å². The number of rotatable bonds is 7. The van der Waals surface area contributed by atoms with E-state index in [-0.39, 0.29) is 17.2 Å². The van der Waals surface area contributed by atoms with Crippen LogP contribution in [-0.2, 0) is 10.5 Å². The van der Waals surface area contributed by atoms with Gasteiger partial charge in [0.25, 0.3) is 0 Å². The third-order valence-corrected chi connectivity index (χ3v) is 5.85. The molecule has 0 aliphatic rings.